The largest absolute Gasteiger partial charge is 0.372 e. The Morgan fingerprint density at radius 3 is 2.55 bits per heavy atom. The summed E-state index contributed by atoms with van der Waals surface area (Å²) in [5.74, 6) is -0.210. The molecule has 0 radical (unpaired) electrons. The summed E-state index contributed by atoms with van der Waals surface area (Å²) in [5, 5.41) is 5.84. The summed E-state index contributed by atoms with van der Waals surface area (Å²) in [6.45, 7) is 4.47. The first kappa shape index (κ1) is 19.7. The molecule has 0 bridgehead atoms. The van der Waals surface area contributed by atoms with Gasteiger partial charge in [0.2, 0.25) is 5.91 Å². The van der Waals surface area contributed by atoms with Crippen LogP contribution < -0.4 is 15.5 Å². The summed E-state index contributed by atoms with van der Waals surface area (Å²) in [7, 11) is 0. The number of urea groups is 1. The van der Waals surface area contributed by atoms with Crippen LogP contribution in [0.1, 0.15) is 56.9 Å². The first-order valence-corrected chi connectivity index (χ1v) is 10.8. The van der Waals surface area contributed by atoms with Gasteiger partial charge in [-0.15, -0.1) is 0 Å². The minimum Gasteiger partial charge on any atom is -0.372 e. The number of carbonyl (C=O) groups is 3. The molecular weight excluding hydrogens is 368 g/mol. The van der Waals surface area contributed by atoms with Crippen molar-refractivity contribution in [3.05, 3.63) is 23.8 Å². The van der Waals surface area contributed by atoms with Crippen LogP contribution in [-0.2, 0) is 9.59 Å². The second-order valence-electron chi connectivity index (χ2n) is 8.52. The van der Waals surface area contributed by atoms with Crippen molar-refractivity contribution in [2.75, 3.05) is 29.9 Å². The normalized spacial score (nSPS) is 20.6. The van der Waals surface area contributed by atoms with Gasteiger partial charge in [-0.1, -0.05) is 12.8 Å². The van der Waals surface area contributed by atoms with Gasteiger partial charge in [-0.3, -0.25) is 14.5 Å². The number of benzene rings is 1. The number of imide groups is 1. The standard InChI is InChI=1S/C22H30N4O3/c1-16-15-17(25-12-4-5-13-25)8-9-18(16)23-19(27)7-6-14-26-20(28)22(24-21(26)29)10-2-3-11-22/h8-9,15H,2-7,10-14H2,1H3,(H,23,27)(H,24,29). The van der Waals surface area contributed by atoms with Gasteiger partial charge in [-0.05, 0) is 62.8 Å². The molecule has 2 heterocycles. The highest BCUT2D eigenvalue weighted by atomic mass is 16.2. The molecule has 1 aliphatic carbocycles. The zero-order valence-corrected chi connectivity index (χ0v) is 17.1. The number of nitrogens with zero attached hydrogens (tertiary/aromatic N) is 2. The number of anilines is 2. The molecule has 4 amide bonds. The summed E-state index contributed by atoms with van der Waals surface area (Å²) in [6.07, 6.45) is 6.59. The lowest BCUT2D eigenvalue weighted by Gasteiger charge is -2.20. The van der Waals surface area contributed by atoms with Crippen molar-refractivity contribution >= 4 is 29.2 Å². The van der Waals surface area contributed by atoms with Gasteiger partial charge in [0.05, 0.1) is 0 Å². The van der Waals surface area contributed by atoms with Crippen molar-refractivity contribution in [1.82, 2.24) is 10.2 Å². The van der Waals surface area contributed by atoms with Crippen molar-refractivity contribution in [2.45, 2.75) is 63.8 Å². The SMILES string of the molecule is Cc1cc(N2CCCC2)ccc1NC(=O)CCCN1C(=O)NC2(CCCC2)C1=O. The minimum absolute atomic E-state index is 0.0929. The molecule has 1 spiro atoms. The molecule has 1 saturated carbocycles. The number of carbonyl (C=O) groups excluding carboxylic acids is 3. The molecule has 7 heteroatoms. The number of nitrogens with one attached hydrogen (secondary N) is 2. The zero-order chi connectivity index (χ0) is 20.4. The minimum atomic E-state index is -0.673. The van der Waals surface area contributed by atoms with Crippen LogP contribution in [-0.4, -0.2) is 47.9 Å². The van der Waals surface area contributed by atoms with Crippen LogP contribution in [0.15, 0.2) is 18.2 Å². The molecule has 2 saturated heterocycles. The number of rotatable bonds is 6. The van der Waals surface area contributed by atoms with Gasteiger partial charge in [0.25, 0.3) is 5.91 Å². The van der Waals surface area contributed by atoms with E-state index >= 15 is 0 Å². The Bertz CT molecular complexity index is 810. The average Bonchev–Trinajstić information content (AvgIpc) is 3.42. The maximum absolute atomic E-state index is 12.6. The molecule has 29 heavy (non-hydrogen) atoms. The van der Waals surface area contributed by atoms with Crippen LogP contribution in [0.25, 0.3) is 0 Å². The van der Waals surface area contributed by atoms with E-state index in [2.05, 4.69) is 27.7 Å². The summed E-state index contributed by atoms with van der Waals surface area (Å²) >= 11 is 0. The van der Waals surface area contributed by atoms with Gasteiger partial charge in [-0.2, -0.15) is 0 Å². The second-order valence-corrected chi connectivity index (χ2v) is 8.52. The Morgan fingerprint density at radius 1 is 1.14 bits per heavy atom. The van der Waals surface area contributed by atoms with Crippen molar-refractivity contribution in [3.63, 3.8) is 0 Å². The van der Waals surface area contributed by atoms with E-state index < -0.39 is 5.54 Å². The highest BCUT2D eigenvalue weighted by Gasteiger charge is 2.52. The molecule has 4 rings (SSSR count). The van der Waals surface area contributed by atoms with E-state index in [-0.39, 0.29) is 30.8 Å². The number of hydrogen-bond donors (Lipinski definition) is 2. The number of aryl methyl sites for hydroxylation is 1. The van der Waals surface area contributed by atoms with Crippen molar-refractivity contribution in [3.8, 4) is 0 Å². The fourth-order valence-electron chi connectivity index (χ4n) is 4.77. The molecule has 1 aromatic rings. The third-order valence-corrected chi connectivity index (χ3v) is 6.44. The summed E-state index contributed by atoms with van der Waals surface area (Å²) < 4.78 is 0. The van der Waals surface area contributed by atoms with Crippen LogP contribution in [0.3, 0.4) is 0 Å². The number of amides is 4. The molecule has 3 aliphatic rings. The van der Waals surface area contributed by atoms with E-state index in [1.54, 1.807) is 0 Å². The maximum Gasteiger partial charge on any atom is 0.325 e. The Kier molecular flexibility index (Phi) is 5.48. The predicted molar refractivity (Wildman–Crippen MR) is 112 cm³/mol. The smallest absolute Gasteiger partial charge is 0.325 e. The molecule has 1 aromatic carbocycles. The molecule has 0 aromatic heterocycles. The first-order valence-electron chi connectivity index (χ1n) is 10.8. The van der Waals surface area contributed by atoms with Crippen LogP contribution in [0.4, 0.5) is 16.2 Å². The monoisotopic (exact) mass is 398 g/mol. The topological polar surface area (TPSA) is 81.8 Å². The second kappa shape index (κ2) is 8.05. The third-order valence-electron chi connectivity index (χ3n) is 6.44. The van der Waals surface area contributed by atoms with Gasteiger partial charge >= 0.3 is 6.03 Å². The van der Waals surface area contributed by atoms with Crippen LogP contribution in [0, 0.1) is 6.92 Å². The molecule has 156 valence electrons. The summed E-state index contributed by atoms with van der Waals surface area (Å²) in [5.41, 5.74) is 2.39. The molecule has 0 unspecified atom stereocenters. The fourth-order valence-corrected chi connectivity index (χ4v) is 4.77. The highest BCUT2D eigenvalue weighted by molar-refractivity contribution is 6.07. The lowest BCUT2D eigenvalue weighted by Crippen LogP contribution is -2.44. The zero-order valence-electron chi connectivity index (χ0n) is 17.1. The van der Waals surface area contributed by atoms with Crippen molar-refractivity contribution < 1.29 is 14.4 Å². The quantitative estimate of drug-likeness (QED) is 0.721. The first-order chi connectivity index (χ1) is 14.0. The Hall–Kier alpha value is -2.57. The summed E-state index contributed by atoms with van der Waals surface area (Å²) in [4.78, 5) is 40.8. The van der Waals surface area contributed by atoms with E-state index in [1.165, 1.54) is 23.4 Å². The lowest BCUT2D eigenvalue weighted by molar-refractivity contribution is -0.131. The summed E-state index contributed by atoms with van der Waals surface area (Å²) in [6, 6.07) is 5.82. The highest BCUT2D eigenvalue weighted by Crippen LogP contribution is 2.35. The van der Waals surface area contributed by atoms with Gasteiger partial charge in [-0.25, -0.2) is 4.79 Å². The van der Waals surface area contributed by atoms with Gasteiger partial charge in [0, 0.05) is 37.4 Å². The molecule has 2 aliphatic heterocycles. The van der Waals surface area contributed by atoms with Crippen molar-refractivity contribution in [1.29, 1.82) is 0 Å². The maximum atomic E-state index is 12.6. The molecule has 2 N–H and O–H groups in total. The van der Waals surface area contributed by atoms with Crippen LogP contribution in [0.2, 0.25) is 0 Å². The van der Waals surface area contributed by atoms with Crippen molar-refractivity contribution in [2.24, 2.45) is 0 Å². The lowest BCUT2D eigenvalue weighted by atomic mass is 9.98. The molecule has 3 fully saturated rings. The van der Waals surface area contributed by atoms with Crippen LogP contribution >= 0.6 is 0 Å². The molecular formula is C22H30N4O3. The third kappa shape index (κ3) is 3.95. The Morgan fingerprint density at radius 2 is 1.86 bits per heavy atom. The number of hydrogen-bond acceptors (Lipinski definition) is 4. The molecule has 7 nitrogen and oxygen atoms in total. The van der Waals surface area contributed by atoms with Crippen LogP contribution in [0.5, 0.6) is 0 Å². The Balaban J connectivity index is 1.27. The molecule has 0 atom stereocenters. The van der Waals surface area contributed by atoms with E-state index in [0.717, 1.165) is 50.0 Å². The van der Waals surface area contributed by atoms with Gasteiger partial charge in [0.15, 0.2) is 0 Å². The van der Waals surface area contributed by atoms with E-state index in [9.17, 15) is 14.4 Å². The fraction of sp³-hybridized carbons (Fsp3) is 0.591. The average molecular weight is 399 g/mol. The van der Waals surface area contributed by atoms with E-state index in [1.807, 2.05) is 13.0 Å². The van der Waals surface area contributed by atoms with E-state index in [0.29, 0.717) is 6.42 Å². The van der Waals surface area contributed by atoms with Gasteiger partial charge in [0.1, 0.15) is 5.54 Å². The predicted octanol–water partition coefficient (Wildman–Crippen LogP) is 3.18. The van der Waals surface area contributed by atoms with E-state index in [4.69, 9.17) is 0 Å². The Labute approximate surface area is 171 Å². The van der Waals surface area contributed by atoms with Gasteiger partial charge < -0.3 is 15.5 Å².